The number of carbonyl (C=O) groups excluding carboxylic acids is 1. The van der Waals surface area contributed by atoms with Crippen LogP contribution in [0.5, 0.6) is 0 Å². The smallest absolute Gasteiger partial charge is 0.251 e. The summed E-state index contributed by atoms with van der Waals surface area (Å²) in [5.74, 6) is -0.0657. The van der Waals surface area contributed by atoms with Crippen LogP contribution in [0.4, 0.5) is 5.69 Å². The lowest BCUT2D eigenvalue weighted by molar-refractivity contribution is 0.0951. The molecule has 1 amide bonds. The van der Waals surface area contributed by atoms with Crippen LogP contribution in [-0.2, 0) is 13.6 Å². The molecule has 0 saturated carbocycles. The van der Waals surface area contributed by atoms with Gasteiger partial charge in [-0.1, -0.05) is 6.92 Å². The minimum atomic E-state index is -0.0657. The van der Waals surface area contributed by atoms with Crippen LogP contribution in [0.1, 0.15) is 34.8 Å². The Morgan fingerprint density at radius 1 is 1.38 bits per heavy atom. The monoisotopic (exact) mass is 286 g/mol. The SMILES string of the molecule is CCCNc1ccc(C(=O)NCc2cnn(C)c2)cc1C. The van der Waals surface area contributed by atoms with Gasteiger partial charge in [0.05, 0.1) is 6.20 Å². The molecule has 0 aliphatic carbocycles. The molecule has 0 fully saturated rings. The third kappa shape index (κ3) is 4.08. The van der Waals surface area contributed by atoms with Crippen LogP contribution >= 0.6 is 0 Å². The summed E-state index contributed by atoms with van der Waals surface area (Å²) in [6.45, 7) is 5.56. The molecule has 2 aromatic rings. The number of nitrogens with zero attached hydrogens (tertiary/aromatic N) is 2. The van der Waals surface area contributed by atoms with Crippen molar-refractivity contribution in [2.75, 3.05) is 11.9 Å². The molecule has 0 radical (unpaired) electrons. The van der Waals surface area contributed by atoms with Crippen LogP contribution in [0.3, 0.4) is 0 Å². The number of hydrogen-bond acceptors (Lipinski definition) is 3. The highest BCUT2D eigenvalue weighted by Crippen LogP contribution is 2.16. The van der Waals surface area contributed by atoms with Gasteiger partial charge in [0.25, 0.3) is 5.91 Å². The Morgan fingerprint density at radius 3 is 2.81 bits per heavy atom. The van der Waals surface area contributed by atoms with E-state index in [-0.39, 0.29) is 5.91 Å². The minimum absolute atomic E-state index is 0.0657. The third-order valence-corrected chi connectivity index (χ3v) is 3.27. The van der Waals surface area contributed by atoms with E-state index in [1.54, 1.807) is 10.9 Å². The molecule has 0 bridgehead atoms. The largest absolute Gasteiger partial charge is 0.385 e. The number of amides is 1. The van der Waals surface area contributed by atoms with E-state index in [2.05, 4.69) is 22.7 Å². The van der Waals surface area contributed by atoms with Gasteiger partial charge in [-0.2, -0.15) is 5.10 Å². The number of carbonyl (C=O) groups is 1. The summed E-state index contributed by atoms with van der Waals surface area (Å²) in [5.41, 5.74) is 3.83. The van der Waals surface area contributed by atoms with Crippen molar-refractivity contribution in [3.05, 3.63) is 47.3 Å². The summed E-state index contributed by atoms with van der Waals surface area (Å²) < 4.78 is 1.72. The van der Waals surface area contributed by atoms with E-state index in [0.717, 1.165) is 29.8 Å². The van der Waals surface area contributed by atoms with Crippen LogP contribution in [0, 0.1) is 6.92 Å². The fraction of sp³-hybridized carbons (Fsp3) is 0.375. The van der Waals surface area contributed by atoms with Crippen molar-refractivity contribution in [3.8, 4) is 0 Å². The van der Waals surface area contributed by atoms with Gasteiger partial charge < -0.3 is 10.6 Å². The summed E-state index contributed by atoms with van der Waals surface area (Å²) in [6, 6.07) is 5.73. The van der Waals surface area contributed by atoms with Crippen molar-refractivity contribution in [1.82, 2.24) is 15.1 Å². The summed E-state index contributed by atoms with van der Waals surface area (Å²) >= 11 is 0. The van der Waals surface area contributed by atoms with Gasteiger partial charge in [-0.3, -0.25) is 9.48 Å². The Bertz CT molecular complexity index is 618. The minimum Gasteiger partial charge on any atom is -0.385 e. The number of aromatic nitrogens is 2. The highest BCUT2D eigenvalue weighted by molar-refractivity contribution is 5.94. The maximum Gasteiger partial charge on any atom is 0.251 e. The highest BCUT2D eigenvalue weighted by Gasteiger charge is 2.08. The van der Waals surface area contributed by atoms with Crippen LogP contribution < -0.4 is 10.6 Å². The van der Waals surface area contributed by atoms with E-state index in [0.29, 0.717) is 12.1 Å². The van der Waals surface area contributed by atoms with Gasteiger partial charge >= 0.3 is 0 Å². The van der Waals surface area contributed by atoms with Gasteiger partial charge in [0.2, 0.25) is 0 Å². The molecule has 5 heteroatoms. The zero-order chi connectivity index (χ0) is 15.2. The first-order valence-electron chi connectivity index (χ1n) is 7.20. The average molecular weight is 286 g/mol. The quantitative estimate of drug-likeness (QED) is 0.857. The van der Waals surface area contributed by atoms with Gasteiger partial charge in [0.15, 0.2) is 0 Å². The highest BCUT2D eigenvalue weighted by atomic mass is 16.1. The summed E-state index contributed by atoms with van der Waals surface area (Å²) in [5, 5.41) is 10.3. The van der Waals surface area contributed by atoms with E-state index in [4.69, 9.17) is 0 Å². The number of benzene rings is 1. The number of rotatable bonds is 6. The van der Waals surface area contributed by atoms with Crippen LogP contribution in [0.25, 0.3) is 0 Å². The fourth-order valence-electron chi connectivity index (χ4n) is 2.11. The number of anilines is 1. The topological polar surface area (TPSA) is 59.0 Å². The van der Waals surface area contributed by atoms with E-state index in [1.165, 1.54) is 0 Å². The van der Waals surface area contributed by atoms with Gasteiger partial charge in [-0.15, -0.1) is 0 Å². The van der Waals surface area contributed by atoms with Gasteiger partial charge in [-0.05, 0) is 37.1 Å². The molecule has 0 saturated heterocycles. The average Bonchev–Trinajstić information content (AvgIpc) is 2.89. The summed E-state index contributed by atoms with van der Waals surface area (Å²) in [6.07, 6.45) is 4.72. The number of nitrogens with one attached hydrogen (secondary N) is 2. The Morgan fingerprint density at radius 2 is 2.19 bits per heavy atom. The molecule has 21 heavy (non-hydrogen) atoms. The van der Waals surface area contributed by atoms with Gasteiger partial charge in [0, 0.05) is 43.1 Å². The lowest BCUT2D eigenvalue weighted by Gasteiger charge is -2.10. The van der Waals surface area contributed by atoms with Gasteiger partial charge in [-0.25, -0.2) is 0 Å². The van der Waals surface area contributed by atoms with Crippen molar-refractivity contribution < 1.29 is 4.79 Å². The van der Waals surface area contributed by atoms with Crippen LogP contribution in [0.2, 0.25) is 0 Å². The zero-order valence-electron chi connectivity index (χ0n) is 12.8. The summed E-state index contributed by atoms with van der Waals surface area (Å²) in [4.78, 5) is 12.1. The fourth-order valence-corrected chi connectivity index (χ4v) is 2.11. The normalized spacial score (nSPS) is 10.4. The predicted octanol–water partition coefficient (Wildman–Crippen LogP) is 2.48. The molecule has 2 rings (SSSR count). The molecular formula is C16H22N4O. The number of hydrogen-bond donors (Lipinski definition) is 2. The lowest BCUT2D eigenvalue weighted by Crippen LogP contribution is -2.22. The molecule has 1 aromatic heterocycles. The van der Waals surface area contributed by atoms with E-state index in [1.807, 2.05) is 38.4 Å². The Kier molecular flexibility index (Phi) is 4.98. The Balaban J connectivity index is 1.97. The second-order valence-corrected chi connectivity index (χ2v) is 5.16. The standard InChI is InChI=1S/C16H22N4O/c1-4-7-17-15-6-5-14(8-12(15)2)16(21)18-9-13-10-19-20(3)11-13/h5-6,8,10-11,17H,4,7,9H2,1-3H3,(H,18,21). The Hall–Kier alpha value is -2.30. The first kappa shape index (κ1) is 15.1. The second-order valence-electron chi connectivity index (χ2n) is 5.16. The van der Waals surface area contributed by atoms with Crippen LogP contribution in [-0.4, -0.2) is 22.2 Å². The van der Waals surface area contributed by atoms with Crippen molar-refractivity contribution in [2.45, 2.75) is 26.8 Å². The van der Waals surface area contributed by atoms with E-state index in [9.17, 15) is 4.79 Å². The molecule has 2 N–H and O–H groups in total. The molecule has 0 spiro atoms. The lowest BCUT2D eigenvalue weighted by atomic mass is 10.1. The summed E-state index contributed by atoms with van der Waals surface area (Å²) in [7, 11) is 1.86. The third-order valence-electron chi connectivity index (χ3n) is 3.27. The molecule has 1 heterocycles. The second kappa shape index (κ2) is 6.92. The zero-order valence-corrected chi connectivity index (χ0v) is 12.8. The predicted molar refractivity (Wildman–Crippen MR) is 84.3 cm³/mol. The molecule has 0 atom stereocenters. The molecule has 112 valence electrons. The van der Waals surface area contributed by atoms with Crippen molar-refractivity contribution in [1.29, 1.82) is 0 Å². The first-order valence-corrected chi connectivity index (χ1v) is 7.20. The van der Waals surface area contributed by atoms with Gasteiger partial charge in [0.1, 0.15) is 0 Å². The maximum absolute atomic E-state index is 12.1. The van der Waals surface area contributed by atoms with Crippen molar-refractivity contribution in [3.63, 3.8) is 0 Å². The molecule has 0 unspecified atom stereocenters. The maximum atomic E-state index is 12.1. The Labute approximate surface area is 125 Å². The van der Waals surface area contributed by atoms with Crippen molar-refractivity contribution in [2.24, 2.45) is 7.05 Å². The molecule has 0 aliphatic heterocycles. The van der Waals surface area contributed by atoms with E-state index < -0.39 is 0 Å². The number of aryl methyl sites for hydroxylation is 2. The first-order chi connectivity index (χ1) is 10.1. The molecule has 5 nitrogen and oxygen atoms in total. The molecular weight excluding hydrogens is 264 g/mol. The van der Waals surface area contributed by atoms with Crippen LogP contribution in [0.15, 0.2) is 30.6 Å². The van der Waals surface area contributed by atoms with Crippen molar-refractivity contribution >= 4 is 11.6 Å². The molecule has 1 aromatic carbocycles. The molecule has 0 aliphatic rings. The van der Waals surface area contributed by atoms with E-state index >= 15 is 0 Å².